The highest BCUT2D eigenvalue weighted by Gasteiger charge is 2.25. The van der Waals surface area contributed by atoms with E-state index in [1.54, 1.807) is 19.1 Å². The van der Waals surface area contributed by atoms with E-state index in [4.69, 9.17) is 9.79 Å². The van der Waals surface area contributed by atoms with E-state index in [-0.39, 0.29) is 22.7 Å². The van der Waals surface area contributed by atoms with Gasteiger partial charge in [-0.25, -0.2) is 4.57 Å². The Bertz CT molecular complexity index is 801. The minimum atomic E-state index is -4.61. The zero-order chi connectivity index (χ0) is 17.9. The van der Waals surface area contributed by atoms with Gasteiger partial charge in [-0.15, -0.1) is 0 Å². The number of carbonyl (C=O) groups is 1. The highest BCUT2D eigenvalue weighted by Crippen LogP contribution is 2.39. The summed E-state index contributed by atoms with van der Waals surface area (Å²) in [6.45, 7) is 1.78. The molecule has 1 atom stereocenters. The van der Waals surface area contributed by atoms with Gasteiger partial charge in [0.2, 0.25) is 0 Å². The topological polar surface area (TPSA) is 127 Å². The number of anilines is 1. The molecular formula is C16H18NO6P. The summed E-state index contributed by atoms with van der Waals surface area (Å²) in [7, 11) is -4.61. The maximum absolute atomic E-state index is 12.9. The molecule has 0 aliphatic heterocycles. The van der Waals surface area contributed by atoms with E-state index >= 15 is 0 Å². The SMILES string of the molecule is CCC(C(=O)c1cc(O)ccc1NP(=O)(O)O)c1cccc(O)c1. The Morgan fingerprint density at radius 3 is 2.38 bits per heavy atom. The van der Waals surface area contributed by atoms with Crippen LogP contribution in [-0.2, 0) is 4.57 Å². The smallest absolute Gasteiger partial charge is 0.427 e. The third kappa shape index (κ3) is 4.35. The van der Waals surface area contributed by atoms with Gasteiger partial charge in [0, 0.05) is 11.5 Å². The fraction of sp³-hybridized carbons (Fsp3) is 0.188. The molecule has 0 aliphatic rings. The average molecular weight is 351 g/mol. The monoisotopic (exact) mass is 351 g/mol. The van der Waals surface area contributed by atoms with Crippen molar-refractivity contribution in [3.63, 3.8) is 0 Å². The van der Waals surface area contributed by atoms with E-state index in [1.165, 1.54) is 24.3 Å². The van der Waals surface area contributed by atoms with E-state index in [2.05, 4.69) is 0 Å². The Kier molecular flexibility index (Phi) is 5.29. The molecular weight excluding hydrogens is 333 g/mol. The number of hydrogen-bond donors (Lipinski definition) is 5. The fourth-order valence-corrected chi connectivity index (χ4v) is 3.00. The van der Waals surface area contributed by atoms with E-state index in [9.17, 15) is 19.6 Å². The highest BCUT2D eigenvalue weighted by molar-refractivity contribution is 7.53. The summed E-state index contributed by atoms with van der Waals surface area (Å²) in [5.41, 5.74) is 0.478. The molecule has 0 bridgehead atoms. The van der Waals surface area contributed by atoms with Crippen molar-refractivity contribution in [2.24, 2.45) is 0 Å². The Hall–Kier alpha value is -2.34. The lowest BCUT2D eigenvalue weighted by Crippen LogP contribution is -2.14. The van der Waals surface area contributed by atoms with Crippen LogP contribution in [0.5, 0.6) is 11.5 Å². The highest BCUT2D eigenvalue weighted by atomic mass is 31.2. The number of phenolic OH excluding ortho intramolecular Hbond substituents is 2. The van der Waals surface area contributed by atoms with Crippen LogP contribution in [0.1, 0.15) is 35.2 Å². The zero-order valence-corrected chi connectivity index (χ0v) is 13.8. The molecule has 0 aromatic heterocycles. The van der Waals surface area contributed by atoms with Crippen molar-refractivity contribution in [1.82, 2.24) is 0 Å². The van der Waals surface area contributed by atoms with Gasteiger partial charge < -0.3 is 20.0 Å². The van der Waals surface area contributed by atoms with Crippen molar-refractivity contribution in [2.45, 2.75) is 19.3 Å². The molecule has 2 aromatic rings. The van der Waals surface area contributed by atoms with Crippen LogP contribution in [0.4, 0.5) is 5.69 Å². The quantitative estimate of drug-likeness (QED) is 0.307. The molecule has 0 amide bonds. The lowest BCUT2D eigenvalue weighted by Gasteiger charge is -2.18. The molecule has 2 rings (SSSR count). The van der Waals surface area contributed by atoms with E-state index < -0.39 is 19.4 Å². The first-order valence-corrected chi connectivity index (χ1v) is 8.82. The maximum Gasteiger partial charge on any atom is 0.427 e. The van der Waals surface area contributed by atoms with E-state index in [0.717, 1.165) is 6.07 Å². The minimum Gasteiger partial charge on any atom is -0.508 e. The molecule has 0 heterocycles. The van der Waals surface area contributed by atoms with Gasteiger partial charge in [0.15, 0.2) is 5.78 Å². The molecule has 24 heavy (non-hydrogen) atoms. The summed E-state index contributed by atoms with van der Waals surface area (Å²) in [5, 5.41) is 21.2. The van der Waals surface area contributed by atoms with Gasteiger partial charge >= 0.3 is 7.75 Å². The van der Waals surface area contributed by atoms with Crippen molar-refractivity contribution in [3.05, 3.63) is 53.6 Å². The predicted molar refractivity (Wildman–Crippen MR) is 89.2 cm³/mol. The Morgan fingerprint density at radius 2 is 1.79 bits per heavy atom. The average Bonchev–Trinajstić information content (AvgIpc) is 2.48. The summed E-state index contributed by atoms with van der Waals surface area (Å²) in [6.07, 6.45) is 0.410. The minimum absolute atomic E-state index is 0.0169. The summed E-state index contributed by atoms with van der Waals surface area (Å²) in [4.78, 5) is 31.0. The van der Waals surface area contributed by atoms with Crippen LogP contribution in [0.15, 0.2) is 42.5 Å². The van der Waals surface area contributed by atoms with Crippen LogP contribution in [0, 0.1) is 0 Å². The molecule has 128 valence electrons. The van der Waals surface area contributed by atoms with Gasteiger partial charge in [-0.2, -0.15) is 0 Å². The lowest BCUT2D eigenvalue weighted by molar-refractivity contribution is 0.0958. The summed E-state index contributed by atoms with van der Waals surface area (Å²) < 4.78 is 11.2. The summed E-state index contributed by atoms with van der Waals surface area (Å²) in [6, 6.07) is 9.86. The van der Waals surface area contributed by atoms with Crippen molar-refractivity contribution in [3.8, 4) is 11.5 Å². The van der Waals surface area contributed by atoms with Gasteiger partial charge in [-0.3, -0.25) is 9.88 Å². The second-order valence-electron chi connectivity index (χ2n) is 5.31. The normalized spacial score (nSPS) is 12.6. The van der Waals surface area contributed by atoms with E-state index in [1.807, 2.05) is 5.09 Å². The first-order chi connectivity index (χ1) is 11.2. The first-order valence-electron chi connectivity index (χ1n) is 7.21. The van der Waals surface area contributed by atoms with Gasteiger partial charge in [-0.1, -0.05) is 19.1 Å². The van der Waals surface area contributed by atoms with Crippen LogP contribution < -0.4 is 5.09 Å². The predicted octanol–water partition coefficient (Wildman–Crippen LogP) is 2.98. The van der Waals surface area contributed by atoms with Crippen molar-refractivity contribution >= 4 is 19.2 Å². The fourth-order valence-electron chi connectivity index (χ4n) is 2.49. The molecule has 8 heteroatoms. The Balaban J connectivity index is 2.47. The largest absolute Gasteiger partial charge is 0.508 e. The molecule has 0 radical (unpaired) electrons. The van der Waals surface area contributed by atoms with Gasteiger partial charge in [-0.05, 0) is 42.3 Å². The molecule has 2 aromatic carbocycles. The zero-order valence-electron chi connectivity index (χ0n) is 12.9. The number of Topliss-reactive ketones (excluding diaryl/α,β-unsaturated/α-hetero) is 1. The summed E-state index contributed by atoms with van der Waals surface area (Å²) in [5.74, 6) is -1.23. The van der Waals surface area contributed by atoms with E-state index in [0.29, 0.717) is 12.0 Å². The number of ketones is 1. The Morgan fingerprint density at radius 1 is 1.12 bits per heavy atom. The van der Waals surface area contributed by atoms with Crippen LogP contribution in [0.25, 0.3) is 0 Å². The first kappa shape index (κ1) is 18.0. The van der Waals surface area contributed by atoms with Crippen LogP contribution >= 0.6 is 7.75 Å². The molecule has 5 N–H and O–H groups in total. The molecule has 0 saturated carbocycles. The maximum atomic E-state index is 12.9. The number of phenols is 2. The molecule has 0 aliphatic carbocycles. The Labute approximate surface area is 138 Å². The van der Waals surface area contributed by atoms with Crippen molar-refractivity contribution in [2.75, 3.05) is 5.09 Å². The van der Waals surface area contributed by atoms with Gasteiger partial charge in [0.25, 0.3) is 0 Å². The number of hydrogen-bond acceptors (Lipinski definition) is 4. The van der Waals surface area contributed by atoms with Gasteiger partial charge in [0.1, 0.15) is 11.5 Å². The molecule has 0 saturated heterocycles. The van der Waals surface area contributed by atoms with Crippen molar-refractivity contribution < 1.29 is 29.4 Å². The van der Waals surface area contributed by atoms with Crippen LogP contribution in [0.3, 0.4) is 0 Å². The third-order valence-electron chi connectivity index (χ3n) is 3.53. The number of benzene rings is 2. The second kappa shape index (κ2) is 7.05. The number of nitrogens with one attached hydrogen (secondary N) is 1. The molecule has 0 spiro atoms. The number of carbonyl (C=O) groups excluding carboxylic acids is 1. The van der Waals surface area contributed by atoms with Crippen LogP contribution in [-0.4, -0.2) is 25.8 Å². The molecule has 1 unspecified atom stereocenters. The van der Waals surface area contributed by atoms with Gasteiger partial charge in [0.05, 0.1) is 5.69 Å². The summed E-state index contributed by atoms with van der Waals surface area (Å²) >= 11 is 0. The lowest BCUT2D eigenvalue weighted by atomic mass is 9.88. The standard InChI is InChI=1S/C16H18NO6P/c1-2-13(10-4-3-5-11(18)8-10)16(20)14-9-12(19)6-7-15(14)17-24(21,22)23/h3-9,13,18-19H,2H2,1H3,(H3,17,21,22,23). The van der Waals surface area contributed by atoms with Crippen LogP contribution in [0.2, 0.25) is 0 Å². The second-order valence-corrected chi connectivity index (χ2v) is 6.62. The third-order valence-corrected chi connectivity index (χ3v) is 4.06. The molecule has 0 fully saturated rings. The number of aromatic hydroxyl groups is 2. The molecule has 7 nitrogen and oxygen atoms in total. The van der Waals surface area contributed by atoms with Crippen molar-refractivity contribution in [1.29, 1.82) is 0 Å². The number of rotatable bonds is 6.